The maximum Gasteiger partial charge on any atom is 0.264 e. The van der Waals surface area contributed by atoms with Gasteiger partial charge in [-0.3, -0.25) is 4.79 Å². The first-order chi connectivity index (χ1) is 8.74. The van der Waals surface area contributed by atoms with Crippen LogP contribution in [0.1, 0.15) is 22.5 Å². The Labute approximate surface area is 112 Å². The highest BCUT2D eigenvalue weighted by Crippen LogP contribution is 2.24. The number of nitrogens with one attached hydrogen (secondary N) is 1. The third-order valence-corrected chi connectivity index (χ3v) is 4.31. The SMILES string of the molecule is CNCC1CCN(C(=O)c2cc(OC)cs2)CC1. The van der Waals surface area contributed by atoms with E-state index in [1.165, 1.54) is 11.3 Å². The Morgan fingerprint density at radius 2 is 2.28 bits per heavy atom. The van der Waals surface area contributed by atoms with Gasteiger partial charge in [0.25, 0.3) is 5.91 Å². The van der Waals surface area contributed by atoms with E-state index in [9.17, 15) is 4.79 Å². The number of amides is 1. The molecule has 1 N–H and O–H groups in total. The van der Waals surface area contributed by atoms with Crippen LogP contribution in [-0.2, 0) is 0 Å². The molecule has 0 saturated carbocycles. The molecule has 1 amide bonds. The van der Waals surface area contributed by atoms with Crippen LogP contribution >= 0.6 is 11.3 Å². The highest BCUT2D eigenvalue weighted by Gasteiger charge is 2.24. The van der Waals surface area contributed by atoms with E-state index in [0.717, 1.165) is 43.1 Å². The first kappa shape index (κ1) is 13.4. The summed E-state index contributed by atoms with van der Waals surface area (Å²) in [5, 5.41) is 5.08. The van der Waals surface area contributed by atoms with Gasteiger partial charge in [-0.2, -0.15) is 0 Å². The minimum Gasteiger partial charge on any atom is -0.496 e. The number of hydrogen-bond acceptors (Lipinski definition) is 4. The second-order valence-electron chi connectivity index (χ2n) is 4.64. The van der Waals surface area contributed by atoms with Crippen LogP contribution in [0.15, 0.2) is 11.4 Å². The van der Waals surface area contributed by atoms with Crippen LogP contribution in [0.2, 0.25) is 0 Å². The highest BCUT2D eigenvalue weighted by atomic mass is 32.1. The smallest absolute Gasteiger partial charge is 0.264 e. The molecule has 1 saturated heterocycles. The van der Waals surface area contributed by atoms with Crippen molar-refractivity contribution in [1.82, 2.24) is 10.2 Å². The van der Waals surface area contributed by atoms with E-state index in [-0.39, 0.29) is 5.91 Å². The standard InChI is InChI=1S/C13H20N2O2S/c1-14-8-10-3-5-15(6-4-10)13(16)12-7-11(17-2)9-18-12/h7,9-10,14H,3-6,8H2,1-2H3. The van der Waals surface area contributed by atoms with E-state index in [2.05, 4.69) is 5.32 Å². The second kappa shape index (κ2) is 6.20. The molecule has 0 bridgehead atoms. The van der Waals surface area contributed by atoms with Crippen molar-refractivity contribution in [2.24, 2.45) is 5.92 Å². The number of carbonyl (C=O) groups is 1. The monoisotopic (exact) mass is 268 g/mol. The van der Waals surface area contributed by atoms with Crippen molar-refractivity contribution in [3.63, 3.8) is 0 Å². The molecule has 0 spiro atoms. The number of thiophene rings is 1. The normalized spacial score (nSPS) is 16.9. The summed E-state index contributed by atoms with van der Waals surface area (Å²) in [6, 6.07) is 1.83. The van der Waals surface area contributed by atoms with Gasteiger partial charge in [0.05, 0.1) is 12.0 Å². The lowest BCUT2D eigenvalue weighted by Gasteiger charge is -2.31. The van der Waals surface area contributed by atoms with Crippen molar-refractivity contribution >= 4 is 17.2 Å². The largest absolute Gasteiger partial charge is 0.496 e. The van der Waals surface area contributed by atoms with Gasteiger partial charge in [0.2, 0.25) is 0 Å². The molecule has 4 nitrogen and oxygen atoms in total. The van der Waals surface area contributed by atoms with Crippen LogP contribution < -0.4 is 10.1 Å². The lowest BCUT2D eigenvalue weighted by Crippen LogP contribution is -2.40. The molecule has 2 rings (SSSR count). The third-order valence-electron chi connectivity index (χ3n) is 3.42. The molecule has 0 aliphatic carbocycles. The van der Waals surface area contributed by atoms with Crippen molar-refractivity contribution in [3.8, 4) is 5.75 Å². The molecule has 1 fully saturated rings. The molecule has 0 atom stereocenters. The summed E-state index contributed by atoms with van der Waals surface area (Å²) < 4.78 is 5.11. The zero-order chi connectivity index (χ0) is 13.0. The zero-order valence-corrected chi connectivity index (χ0v) is 11.8. The fourth-order valence-corrected chi connectivity index (χ4v) is 3.14. The molecule has 0 aromatic carbocycles. The number of ether oxygens (including phenoxy) is 1. The number of hydrogen-bond donors (Lipinski definition) is 1. The summed E-state index contributed by atoms with van der Waals surface area (Å²) in [6.07, 6.45) is 2.18. The second-order valence-corrected chi connectivity index (χ2v) is 5.56. The molecule has 1 aromatic rings. The lowest BCUT2D eigenvalue weighted by atomic mass is 9.97. The van der Waals surface area contributed by atoms with Crippen LogP contribution in [0.3, 0.4) is 0 Å². The molecule has 100 valence electrons. The topological polar surface area (TPSA) is 41.6 Å². The predicted octanol–water partition coefficient (Wildman–Crippen LogP) is 1.83. The fourth-order valence-electron chi connectivity index (χ4n) is 2.32. The lowest BCUT2D eigenvalue weighted by molar-refractivity contribution is 0.0695. The Bertz CT molecular complexity index is 397. The van der Waals surface area contributed by atoms with Gasteiger partial charge in [-0.1, -0.05) is 0 Å². The molecular weight excluding hydrogens is 248 g/mol. The maximum atomic E-state index is 12.3. The van der Waals surface area contributed by atoms with E-state index >= 15 is 0 Å². The summed E-state index contributed by atoms with van der Waals surface area (Å²) >= 11 is 1.46. The summed E-state index contributed by atoms with van der Waals surface area (Å²) in [5.41, 5.74) is 0. The van der Waals surface area contributed by atoms with E-state index in [0.29, 0.717) is 5.92 Å². The predicted molar refractivity (Wildman–Crippen MR) is 73.4 cm³/mol. The van der Waals surface area contributed by atoms with Crippen LogP contribution in [0, 0.1) is 5.92 Å². The molecule has 0 radical (unpaired) electrons. The Morgan fingerprint density at radius 3 is 2.83 bits per heavy atom. The van der Waals surface area contributed by atoms with Gasteiger partial charge < -0.3 is 15.0 Å². The average molecular weight is 268 g/mol. The van der Waals surface area contributed by atoms with Gasteiger partial charge >= 0.3 is 0 Å². The van der Waals surface area contributed by atoms with Crippen molar-refractivity contribution in [2.75, 3.05) is 33.8 Å². The molecule has 0 unspecified atom stereocenters. The molecule has 1 aliphatic rings. The van der Waals surface area contributed by atoms with Gasteiger partial charge in [-0.25, -0.2) is 0 Å². The number of carbonyl (C=O) groups excluding carboxylic acids is 1. The van der Waals surface area contributed by atoms with Crippen molar-refractivity contribution in [1.29, 1.82) is 0 Å². The van der Waals surface area contributed by atoms with E-state index in [4.69, 9.17) is 4.74 Å². The summed E-state index contributed by atoms with van der Waals surface area (Å²) in [7, 11) is 3.61. The minimum atomic E-state index is 0.145. The van der Waals surface area contributed by atoms with Gasteiger partial charge in [0, 0.05) is 24.5 Å². The summed E-state index contributed by atoms with van der Waals surface area (Å²) in [6.45, 7) is 2.78. The van der Waals surface area contributed by atoms with Crippen LogP contribution in [-0.4, -0.2) is 44.6 Å². The van der Waals surface area contributed by atoms with Gasteiger partial charge in [0.15, 0.2) is 0 Å². The number of nitrogens with zero attached hydrogens (tertiary/aromatic N) is 1. The Kier molecular flexibility index (Phi) is 4.60. The molecular formula is C13H20N2O2S. The van der Waals surface area contributed by atoms with Gasteiger partial charge in [-0.05, 0) is 32.4 Å². The number of piperidine rings is 1. The van der Waals surface area contributed by atoms with E-state index in [1.807, 2.05) is 23.4 Å². The van der Waals surface area contributed by atoms with Crippen LogP contribution in [0.5, 0.6) is 5.75 Å². The van der Waals surface area contributed by atoms with Crippen molar-refractivity contribution in [2.45, 2.75) is 12.8 Å². The summed E-state index contributed by atoms with van der Waals surface area (Å²) in [5.74, 6) is 1.62. The molecule has 5 heteroatoms. The minimum absolute atomic E-state index is 0.145. The van der Waals surface area contributed by atoms with Crippen molar-refractivity contribution < 1.29 is 9.53 Å². The Hall–Kier alpha value is -1.07. The first-order valence-electron chi connectivity index (χ1n) is 6.31. The Balaban J connectivity index is 1.91. The quantitative estimate of drug-likeness (QED) is 0.906. The molecule has 1 aromatic heterocycles. The average Bonchev–Trinajstić information content (AvgIpc) is 2.88. The fraction of sp³-hybridized carbons (Fsp3) is 0.615. The van der Waals surface area contributed by atoms with Crippen LogP contribution in [0.4, 0.5) is 0 Å². The van der Waals surface area contributed by atoms with Crippen LogP contribution in [0.25, 0.3) is 0 Å². The van der Waals surface area contributed by atoms with Gasteiger partial charge in [-0.15, -0.1) is 11.3 Å². The highest BCUT2D eigenvalue weighted by molar-refractivity contribution is 7.12. The number of rotatable bonds is 4. The molecule has 2 heterocycles. The zero-order valence-electron chi connectivity index (χ0n) is 10.9. The van der Waals surface area contributed by atoms with E-state index in [1.54, 1.807) is 7.11 Å². The van der Waals surface area contributed by atoms with Crippen molar-refractivity contribution in [3.05, 3.63) is 16.3 Å². The maximum absolute atomic E-state index is 12.3. The van der Waals surface area contributed by atoms with Gasteiger partial charge in [0.1, 0.15) is 5.75 Å². The Morgan fingerprint density at radius 1 is 1.56 bits per heavy atom. The third kappa shape index (κ3) is 3.03. The molecule has 1 aliphatic heterocycles. The molecule has 18 heavy (non-hydrogen) atoms. The number of likely N-dealkylation sites (tertiary alicyclic amines) is 1. The summed E-state index contributed by atoms with van der Waals surface area (Å²) in [4.78, 5) is 15.0. The van der Waals surface area contributed by atoms with E-state index < -0.39 is 0 Å². The first-order valence-corrected chi connectivity index (χ1v) is 7.19. The number of methoxy groups -OCH3 is 1.